The van der Waals surface area contributed by atoms with Crippen molar-refractivity contribution in [3.63, 3.8) is 0 Å². The predicted molar refractivity (Wildman–Crippen MR) is 45.2 cm³/mol. The van der Waals surface area contributed by atoms with E-state index in [1.54, 1.807) is 7.05 Å². The molecule has 0 bridgehead atoms. The van der Waals surface area contributed by atoms with Crippen molar-refractivity contribution in [2.75, 3.05) is 7.05 Å². The molecule has 1 N–H and O–H groups in total. The second kappa shape index (κ2) is 2.84. The second-order valence-electron chi connectivity index (χ2n) is 4.22. The van der Waals surface area contributed by atoms with E-state index in [1.807, 2.05) is 0 Å². The molecule has 11 heavy (non-hydrogen) atoms. The molecular formula is C9H17NO. The summed E-state index contributed by atoms with van der Waals surface area (Å²) < 4.78 is 0. The summed E-state index contributed by atoms with van der Waals surface area (Å²) in [5.74, 6) is 0.491. The normalized spacial score (nSPS) is 28.5. The van der Waals surface area contributed by atoms with Crippen molar-refractivity contribution < 1.29 is 4.79 Å². The van der Waals surface area contributed by atoms with Crippen molar-refractivity contribution in [3.8, 4) is 0 Å². The van der Waals surface area contributed by atoms with Crippen LogP contribution in [0.5, 0.6) is 0 Å². The highest BCUT2D eigenvalue weighted by Crippen LogP contribution is 2.40. The summed E-state index contributed by atoms with van der Waals surface area (Å²) >= 11 is 0. The van der Waals surface area contributed by atoms with Gasteiger partial charge in [0.2, 0.25) is 5.91 Å². The van der Waals surface area contributed by atoms with E-state index in [2.05, 4.69) is 19.2 Å². The molecule has 1 fully saturated rings. The highest BCUT2D eigenvalue weighted by molar-refractivity contribution is 5.78. The van der Waals surface area contributed by atoms with Crippen molar-refractivity contribution in [2.24, 2.45) is 11.3 Å². The van der Waals surface area contributed by atoms with Gasteiger partial charge < -0.3 is 5.32 Å². The molecule has 0 heterocycles. The molecule has 64 valence electrons. The van der Waals surface area contributed by atoms with Crippen LogP contribution in [-0.2, 0) is 4.79 Å². The maximum Gasteiger partial charge on any atom is 0.222 e. The first-order valence-corrected chi connectivity index (χ1v) is 4.27. The number of amides is 1. The Kier molecular flexibility index (Phi) is 2.21. The molecule has 1 rings (SSSR count). The van der Waals surface area contributed by atoms with E-state index in [9.17, 15) is 4.79 Å². The number of rotatable bonds is 1. The minimum absolute atomic E-state index is 0.218. The molecule has 0 radical (unpaired) electrons. The van der Waals surface area contributed by atoms with Gasteiger partial charge in [-0.3, -0.25) is 4.79 Å². The molecule has 1 amide bonds. The average molecular weight is 155 g/mol. The van der Waals surface area contributed by atoms with Crippen molar-refractivity contribution in [1.29, 1.82) is 0 Å². The van der Waals surface area contributed by atoms with E-state index in [4.69, 9.17) is 0 Å². The van der Waals surface area contributed by atoms with Gasteiger partial charge in [0.1, 0.15) is 0 Å². The number of hydrogen-bond acceptors (Lipinski definition) is 1. The van der Waals surface area contributed by atoms with Gasteiger partial charge in [-0.2, -0.15) is 0 Å². The molecule has 0 saturated heterocycles. The maximum atomic E-state index is 11.2. The van der Waals surface area contributed by atoms with Crippen LogP contribution in [0.1, 0.15) is 33.1 Å². The van der Waals surface area contributed by atoms with Crippen LogP contribution in [0.4, 0.5) is 0 Å². The average Bonchev–Trinajstić information content (AvgIpc) is 2.29. The standard InChI is InChI=1S/C9H17NO/c1-9(2)5-4-7(6-9)8(11)10-3/h7H,4-6H2,1-3H3,(H,10,11). The van der Waals surface area contributed by atoms with Crippen LogP contribution in [0.2, 0.25) is 0 Å². The third-order valence-corrected chi connectivity index (χ3v) is 2.59. The molecule has 1 aliphatic carbocycles. The minimum atomic E-state index is 0.218. The van der Waals surface area contributed by atoms with Gasteiger partial charge in [0.15, 0.2) is 0 Å². The van der Waals surface area contributed by atoms with Gasteiger partial charge in [0, 0.05) is 13.0 Å². The minimum Gasteiger partial charge on any atom is -0.359 e. The number of carbonyl (C=O) groups excluding carboxylic acids is 1. The molecule has 0 aliphatic heterocycles. The molecule has 0 aromatic heterocycles. The quantitative estimate of drug-likeness (QED) is 0.611. The van der Waals surface area contributed by atoms with Crippen molar-refractivity contribution in [2.45, 2.75) is 33.1 Å². The summed E-state index contributed by atoms with van der Waals surface area (Å²) in [4.78, 5) is 11.2. The molecule has 2 heteroatoms. The Morgan fingerprint density at radius 3 is 2.55 bits per heavy atom. The lowest BCUT2D eigenvalue weighted by atomic mass is 9.90. The Bertz CT molecular complexity index is 163. The first kappa shape index (κ1) is 8.57. The van der Waals surface area contributed by atoms with Gasteiger partial charge in [0.25, 0.3) is 0 Å². The van der Waals surface area contributed by atoms with Crippen molar-refractivity contribution >= 4 is 5.91 Å². The SMILES string of the molecule is CNC(=O)C1CCC(C)(C)C1. The van der Waals surface area contributed by atoms with Crippen LogP contribution >= 0.6 is 0 Å². The van der Waals surface area contributed by atoms with E-state index in [-0.39, 0.29) is 11.8 Å². The zero-order chi connectivity index (χ0) is 8.48. The van der Waals surface area contributed by atoms with E-state index >= 15 is 0 Å². The second-order valence-corrected chi connectivity index (χ2v) is 4.22. The number of nitrogens with one attached hydrogen (secondary N) is 1. The third-order valence-electron chi connectivity index (χ3n) is 2.59. The summed E-state index contributed by atoms with van der Waals surface area (Å²) in [6, 6.07) is 0. The van der Waals surface area contributed by atoms with Crippen LogP contribution in [-0.4, -0.2) is 13.0 Å². The Morgan fingerprint density at radius 2 is 2.18 bits per heavy atom. The lowest BCUT2D eigenvalue weighted by Gasteiger charge is -2.16. The van der Waals surface area contributed by atoms with Crippen LogP contribution in [0.3, 0.4) is 0 Å². The van der Waals surface area contributed by atoms with Crippen molar-refractivity contribution in [1.82, 2.24) is 5.32 Å². The lowest BCUT2D eigenvalue weighted by Crippen LogP contribution is -2.26. The summed E-state index contributed by atoms with van der Waals surface area (Å²) in [6.45, 7) is 4.46. The summed E-state index contributed by atoms with van der Waals surface area (Å²) in [5, 5.41) is 2.71. The molecule has 1 unspecified atom stereocenters. The molecule has 0 aromatic carbocycles. The fourth-order valence-corrected chi connectivity index (χ4v) is 1.86. The van der Waals surface area contributed by atoms with E-state index in [1.165, 1.54) is 6.42 Å². The molecule has 1 saturated carbocycles. The summed E-state index contributed by atoms with van der Waals surface area (Å²) in [7, 11) is 1.72. The Hall–Kier alpha value is -0.530. The van der Waals surface area contributed by atoms with Crippen LogP contribution < -0.4 is 5.32 Å². The van der Waals surface area contributed by atoms with E-state index < -0.39 is 0 Å². The largest absolute Gasteiger partial charge is 0.359 e. The van der Waals surface area contributed by atoms with E-state index in [0.29, 0.717) is 5.41 Å². The molecule has 1 atom stereocenters. The van der Waals surface area contributed by atoms with Crippen LogP contribution in [0, 0.1) is 11.3 Å². The van der Waals surface area contributed by atoms with Crippen molar-refractivity contribution in [3.05, 3.63) is 0 Å². The van der Waals surface area contributed by atoms with Gasteiger partial charge in [-0.25, -0.2) is 0 Å². The van der Waals surface area contributed by atoms with Gasteiger partial charge in [-0.05, 0) is 24.7 Å². The van der Waals surface area contributed by atoms with Gasteiger partial charge >= 0.3 is 0 Å². The highest BCUT2D eigenvalue weighted by atomic mass is 16.1. The van der Waals surface area contributed by atoms with Crippen LogP contribution in [0.25, 0.3) is 0 Å². The lowest BCUT2D eigenvalue weighted by molar-refractivity contribution is -0.124. The number of hydrogen-bond donors (Lipinski definition) is 1. The van der Waals surface area contributed by atoms with Gasteiger partial charge in [-0.1, -0.05) is 13.8 Å². The molecule has 2 nitrogen and oxygen atoms in total. The Labute approximate surface area is 68.4 Å². The highest BCUT2D eigenvalue weighted by Gasteiger charge is 2.34. The smallest absolute Gasteiger partial charge is 0.222 e. The summed E-state index contributed by atoms with van der Waals surface area (Å²) in [5.41, 5.74) is 0.386. The van der Waals surface area contributed by atoms with Crippen LogP contribution in [0.15, 0.2) is 0 Å². The molecule has 1 aliphatic rings. The fourth-order valence-electron chi connectivity index (χ4n) is 1.86. The maximum absolute atomic E-state index is 11.2. The third kappa shape index (κ3) is 1.95. The molecular weight excluding hydrogens is 138 g/mol. The zero-order valence-corrected chi connectivity index (χ0v) is 7.61. The molecule has 0 aromatic rings. The zero-order valence-electron chi connectivity index (χ0n) is 7.61. The molecule has 0 spiro atoms. The van der Waals surface area contributed by atoms with E-state index in [0.717, 1.165) is 12.8 Å². The number of carbonyl (C=O) groups is 1. The fraction of sp³-hybridized carbons (Fsp3) is 0.889. The predicted octanol–water partition coefficient (Wildman–Crippen LogP) is 1.56. The van der Waals surface area contributed by atoms with Gasteiger partial charge in [-0.15, -0.1) is 0 Å². The van der Waals surface area contributed by atoms with Gasteiger partial charge in [0.05, 0.1) is 0 Å². The monoisotopic (exact) mass is 155 g/mol. The first-order chi connectivity index (χ1) is 5.05. The Morgan fingerprint density at radius 1 is 1.55 bits per heavy atom. The first-order valence-electron chi connectivity index (χ1n) is 4.27. The topological polar surface area (TPSA) is 29.1 Å². The Balaban J connectivity index is 2.48. The summed E-state index contributed by atoms with van der Waals surface area (Å²) in [6.07, 6.45) is 3.30.